The summed E-state index contributed by atoms with van der Waals surface area (Å²) in [5, 5.41) is 3.33. The van der Waals surface area contributed by atoms with Gasteiger partial charge >= 0.3 is 0 Å². The van der Waals surface area contributed by atoms with Gasteiger partial charge in [-0.2, -0.15) is 0 Å². The molecule has 3 rings (SSSR count). The minimum Gasteiger partial charge on any atom is -0.351 e. The Hall–Kier alpha value is -1.09. The van der Waals surface area contributed by atoms with Gasteiger partial charge in [-0.25, -0.2) is 4.98 Å². The van der Waals surface area contributed by atoms with E-state index in [4.69, 9.17) is 4.98 Å². The summed E-state index contributed by atoms with van der Waals surface area (Å²) < 4.78 is 0. The molecule has 0 radical (unpaired) electrons. The predicted molar refractivity (Wildman–Crippen MR) is 65.9 cm³/mol. The molecule has 2 heterocycles. The lowest BCUT2D eigenvalue weighted by Crippen LogP contribution is -2.57. The van der Waals surface area contributed by atoms with Crippen LogP contribution in [0.3, 0.4) is 0 Å². The number of anilines is 1. The molecule has 16 heavy (non-hydrogen) atoms. The van der Waals surface area contributed by atoms with E-state index in [2.05, 4.69) is 29.3 Å². The lowest BCUT2D eigenvalue weighted by Gasteiger charge is -2.38. The van der Waals surface area contributed by atoms with Gasteiger partial charge in [0, 0.05) is 25.3 Å². The number of nitrogens with one attached hydrogen (secondary N) is 1. The quantitative estimate of drug-likeness (QED) is 0.829. The highest BCUT2D eigenvalue weighted by Gasteiger charge is 2.25. The first-order valence-corrected chi connectivity index (χ1v) is 6.34. The van der Waals surface area contributed by atoms with Gasteiger partial charge in [-0.15, -0.1) is 0 Å². The van der Waals surface area contributed by atoms with E-state index in [1.807, 2.05) is 0 Å². The molecule has 1 N–H and O–H groups in total. The molecule has 0 aromatic carbocycles. The second-order valence-electron chi connectivity index (χ2n) is 4.73. The maximum atomic E-state index is 4.83. The molecule has 3 nitrogen and oxygen atoms in total. The molecule has 86 valence electrons. The van der Waals surface area contributed by atoms with Crippen molar-refractivity contribution in [2.45, 2.75) is 32.2 Å². The Morgan fingerprint density at radius 3 is 2.94 bits per heavy atom. The van der Waals surface area contributed by atoms with Crippen molar-refractivity contribution in [1.29, 1.82) is 0 Å². The van der Waals surface area contributed by atoms with E-state index in [-0.39, 0.29) is 0 Å². The smallest absolute Gasteiger partial charge is 0.129 e. The highest BCUT2D eigenvalue weighted by Crippen LogP contribution is 2.24. The van der Waals surface area contributed by atoms with Crippen LogP contribution in [0.4, 0.5) is 5.82 Å². The molecule has 0 amide bonds. The SMILES string of the molecule is CCN(c1ccc2c(n1)CCC2)C1CNC1. The summed E-state index contributed by atoms with van der Waals surface area (Å²) in [6.45, 7) is 5.48. The topological polar surface area (TPSA) is 28.2 Å². The Morgan fingerprint density at radius 1 is 1.38 bits per heavy atom. The van der Waals surface area contributed by atoms with Crippen molar-refractivity contribution in [3.63, 3.8) is 0 Å². The molecule has 2 aliphatic rings. The average Bonchev–Trinajstić information content (AvgIpc) is 2.69. The summed E-state index contributed by atoms with van der Waals surface area (Å²) in [5.41, 5.74) is 2.80. The summed E-state index contributed by atoms with van der Waals surface area (Å²) in [6, 6.07) is 5.13. The molecule has 0 saturated carbocycles. The minimum atomic E-state index is 0.650. The molecule has 1 saturated heterocycles. The molecule has 0 spiro atoms. The number of aromatic nitrogens is 1. The van der Waals surface area contributed by atoms with Crippen molar-refractivity contribution in [3.05, 3.63) is 23.4 Å². The van der Waals surface area contributed by atoms with Crippen LogP contribution in [0.2, 0.25) is 0 Å². The Balaban J connectivity index is 1.86. The van der Waals surface area contributed by atoms with Crippen LogP contribution in [0, 0.1) is 0 Å². The molecule has 0 unspecified atom stereocenters. The average molecular weight is 217 g/mol. The van der Waals surface area contributed by atoms with Gasteiger partial charge in [-0.05, 0) is 37.8 Å². The van der Waals surface area contributed by atoms with Gasteiger partial charge in [-0.1, -0.05) is 6.07 Å². The fourth-order valence-corrected chi connectivity index (χ4v) is 2.67. The predicted octanol–water partition coefficient (Wildman–Crippen LogP) is 1.37. The van der Waals surface area contributed by atoms with Crippen molar-refractivity contribution in [2.75, 3.05) is 24.5 Å². The number of likely N-dealkylation sites (N-methyl/N-ethyl adjacent to an activating group) is 1. The third-order valence-electron chi connectivity index (χ3n) is 3.75. The molecule has 1 aliphatic heterocycles. The normalized spacial score (nSPS) is 19.3. The lowest BCUT2D eigenvalue weighted by atomic mass is 10.1. The maximum absolute atomic E-state index is 4.83. The van der Waals surface area contributed by atoms with E-state index in [0.717, 1.165) is 19.6 Å². The fourth-order valence-electron chi connectivity index (χ4n) is 2.67. The van der Waals surface area contributed by atoms with Crippen molar-refractivity contribution < 1.29 is 0 Å². The van der Waals surface area contributed by atoms with Crippen LogP contribution >= 0.6 is 0 Å². The number of rotatable bonds is 3. The van der Waals surface area contributed by atoms with E-state index < -0.39 is 0 Å². The van der Waals surface area contributed by atoms with E-state index in [1.165, 1.54) is 36.3 Å². The highest BCUT2D eigenvalue weighted by molar-refractivity contribution is 5.44. The summed E-state index contributed by atoms with van der Waals surface area (Å²) in [6.07, 6.45) is 3.67. The molecule has 1 aromatic rings. The van der Waals surface area contributed by atoms with Crippen molar-refractivity contribution in [3.8, 4) is 0 Å². The second-order valence-corrected chi connectivity index (χ2v) is 4.73. The molecular formula is C13H19N3. The van der Waals surface area contributed by atoms with Crippen LogP contribution in [0.5, 0.6) is 0 Å². The van der Waals surface area contributed by atoms with Gasteiger partial charge in [0.05, 0.1) is 6.04 Å². The van der Waals surface area contributed by atoms with Gasteiger partial charge in [0.2, 0.25) is 0 Å². The first-order chi connectivity index (χ1) is 7.88. The first-order valence-electron chi connectivity index (χ1n) is 6.34. The van der Waals surface area contributed by atoms with Gasteiger partial charge < -0.3 is 10.2 Å². The molecular weight excluding hydrogens is 198 g/mol. The Labute approximate surface area is 96.9 Å². The first kappa shape index (κ1) is 10.1. The van der Waals surface area contributed by atoms with Crippen LogP contribution in [-0.4, -0.2) is 30.7 Å². The van der Waals surface area contributed by atoms with Gasteiger partial charge in [-0.3, -0.25) is 0 Å². The maximum Gasteiger partial charge on any atom is 0.129 e. The molecule has 0 atom stereocenters. The van der Waals surface area contributed by atoms with Gasteiger partial charge in [0.15, 0.2) is 0 Å². The monoisotopic (exact) mass is 217 g/mol. The number of aryl methyl sites for hydroxylation is 2. The van der Waals surface area contributed by atoms with Crippen LogP contribution in [0.25, 0.3) is 0 Å². The fraction of sp³-hybridized carbons (Fsp3) is 0.615. The zero-order chi connectivity index (χ0) is 11.0. The van der Waals surface area contributed by atoms with Crippen LogP contribution in [-0.2, 0) is 12.8 Å². The van der Waals surface area contributed by atoms with E-state index in [1.54, 1.807) is 0 Å². The number of pyridine rings is 1. The summed E-state index contributed by atoms with van der Waals surface area (Å²) in [4.78, 5) is 7.25. The molecule has 1 aliphatic carbocycles. The summed E-state index contributed by atoms with van der Waals surface area (Å²) in [7, 11) is 0. The standard InChI is InChI=1S/C13H19N3/c1-2-16(11-8-14-9-11)13-7-6-10-4-3-5-12(10)15-13/h6-7,11,14H,2-5,8-9H2,1H3. The number of hydrogen-bond acceptors (Lipinski definition) is 3. The van der Waals surface area contributed by atoms with Crippen molar-refractivity contribution in [1.82, 2.24) is 10.3 Å². The molecule has 0 bridgehead atoms. The van der Waals surface area contributed by atoms with Gasteiger partial charge in [0.1, 0.15) is 5.82 Å². The highest BCUT2D eigenvalue weighted by atomic mass is 15.3. The van der Waals surface area contributed by atoms with E-state index >= 15 is 0 Å². The molecule has 1 aromatic heterocycles. The molecule has 1 fully saturated rings. The van der Waals surface area contributed by atoms with Gasteiger partial charge in [0.25, 0.3) is 0 Å². The van der Waals surface area contributed by atoms with Crippen LogP contribution in [0.1, 0.15) is 24.6 Å². The third-order valence-corrected chi connectivity index (χ3v) is 3.75. The van der Waals surface area contributed by atoms with E-state index in [9.17, 15) is 0 Å². The van der Waals surface area contributed by atoms with Crippen molar-refractivity contribution in [2.24, 2.45) is 0 Å². The lowest BCUT2D eigenvalue weighted by molar-refractivity contribution is 0.415. The third kappa shape index (κ3) is 1.59. The number of fused-ring (bicyclic) bond motifs is 1. The number of hydrogen-bond donors (Lipinski definition) is 1. The Kier molecular flexibility index (Phi) is 2.56. The summed E-state index contributed by atoms with van der Waals surface area (Å²) in [5.74, 6) is 1.18. The summed E-state index contributed by atoms with van der Waals surface area (Å²) >= 11 is 0. The van der Waals surface area contributed by atoms with E-state index in [0.29, 0.717) is 6.04 Å². The number of nitrogens with zero attached hydrogens (tertiary/aromatic N) is 2. The van der Waals surface area contributed by atoms with Crippen molar-refractivity contribution >= 4 is 5.82 Å². The zero-order valence-corrected chi connectivity index (χ0v) is 9.87. The Morgan fingerprint density at radius 2 is 2.25 bits per heavy atom. The minimum absolute atomic E-state index is 0.650. The van der Waals surface area contributed by atoms with Crippen LogP contribution in [0.15, 0.2) is 12.1 Å². The van der Waals surface area contributed by atoms with Crippen LogP contribution < -0.4 is 10.2 Å². The largest absolute Gasteiger partial charge is 0.351 e. The Bertz CT molecular complexity index is 385. The zero-order valence-electron chi connectivity index (χ0n) is 9.87. The molecule has 3 heteroatoms. The second kappa shape index (κ2) is 4.06.